The van der Waals surface area contributed by atoms with Crippen LogP contribution in [0.25, 0.3) is 43.8 Å². The van der Waals surface area contributed by atoms with Crippen molar-refractivity contribution < 1.29 is 0 Å². The van der Waals surface area contributed by atoms with Gasteiger partial charge in [0.05, 0.1) is 0 Å². The average molecular weight is 387 g/mol. The molecule has 5 aromatic carbocycles. The van der Waals surface area contributed by atoms with Crippen molar-refractivity contribution in [3.63, 3.8) is 0 Å². The summed E-state index contributed by atoms with van der Waals surface area (Å²) in [5.41, 5.74) is 10.6. The molecule has 0 unspecified atom stereocenters. The summed E-state index contributed by atoms with van der Waals surface area (Å²) in [6.07, 6.45) is 0. The summed E-state index contributed by atoms with van der Waals surface area (Å²) in [6.45, 7) is 8.86. The van der Waals surface area contributed by atoms with Gasteiger partial charge in [-0.2, -0.15) is 0 Å². The lowest BCUT2D eigenvalue weighted by Crippen LogP contribution is -1.95. The van der Waals surface area contributed by atoms with E-state index in [-0.39, 0.29) is 0 Å². The highest BCUT2D eigenvalue weighted by atomic mass is 14.2. The van der Waals surface area contributed by atoms with Crippen LogP contribution in [0, 0.1) is 27.7 Å². The van der Waals surface area contributed by atoms with Crippen LogP contribution in [0.2, 0.25) is 0 Å². The molecule has 0 atom stereocenters. The van der Waals surface area contributed by atoms with Crippen LogP contribution >= 0.6 is 0 Å². The first-order valence-electron chi connectivity index (χ1n) is 10.6. The Morgan fingerprint density at radius 3 is 1.57 bits per heavy atom. The van der Waals surface area contributed by atoms with Crippen molar-refractivity contribution >= 4 is 21.5 Å². The lowest BCUT2D eigenvalue weighted by Gasteiger charge is -2.19. The van der Waals surface area contributed by atoms with E-state index in [1.165, 1.54) is 66.1 Å². The van der Waals surface area contributed by atoms with Crippen molar-refractivity contribution in [1.29, 1.82) is 0 Å². The summed E-state index contributed by atoms with van der Waals surface area (Å²) in [6, 6.07) is 31.2. The highest BCUT2D eigenvalue weighted by molar-refractivity contribution is 6.12. The monoisotopic (exact) mass is 386 g/mol. The van der Waals surface area contributed by atoms with E-state index in [2.05, 4.69) is 113 Å². The molecule has 0 heterocycles. The van der Waals surface area contributed by atoms with Crippen molar-refractivity contribution in [2.24, 2.45) is 0 Å². The number of rotatable bonds is 2. The van der Waals surface area contributed by atoms with Gasteiger partial charge in [0.2, 0.25) is 0 Å². The molecule has 0 saturated carbocycles. The van der Waals surface area contributed by atoms with Crippen molar-refractivity contribution in [3.8, 4) is 22.3 Å². The van der Waals surface area contributed by atoms with Crippen LogP contribution in [-0.4, -0.2) is 0 Å². The number of fused-ring (bicyclic) bond motifs is 2. The van der Waals surface area contributed by atoms with E-state index in [0.717, 1.165) is 0 Å². The first-order valence-corrected chi connectivity index (χ1v) is 10.6. The molecule has 146 valence electrons. The van der Waals surface area contributed by atoms with Gasteiger partial charge >= 0.3 is 0 Å². The predicted molar refractivity (Wildman–Crippen MR) is 131 cm³/mol. The average Bonchev–Trinajstić information content (AvgIpc) is 2.75. The van der Waals surface area contributed by atoms with Gasteiger partial charge in [-0.25, -0.2) is 0 Å². The molecule has 0 N–H and O–H groups in total. The summed E-state index contributed by atoms with van der Waals surface area (Å²) >= 11 is 0. The molecule has 0 bridgehead atoms. The van der Waals surface area contributed by atoms with Crippen LogP contribution in [0.3, 0.4) is 0 Å². The molecule has 0 heteroatoms. The molecule has 0 aliphatic rings. The molecule has 0 aliphatic heterocycles. The van der Waals surface area contributed by atoms with Crippen molar-refractivity contribution in [2.75, 3.05) is 0 Å². The lowest BCUT2D eigenvalue weighted by molar-refractivity contribution is 1.40. The van der Waals surface area contributed by atoms with Crippen molar-refractivity contribution in [1.82, 2.24) is 0 Å². The van der Waals surface area contributed by atoms with E-state index in [1.807, 2.05) is 0 Å². The van der Waals surface area contributed by atoms with Gasteiger partial charge in [0.15, 0.2) is 0 Å². The molecule has 5 aromatic rings. The Balaban J connectivity index is 1.89. The number of benzene rings is 5. The van der Waals surface area contributed by atoms with E-state index in [0.29, 0.717) is 0 Å². The van der Waals surface area contributed by atoms with Crippen LogP contribution in [0.1, 0.15) is 22.3 Å². The second-order valence-corrected chi connectivity index (χ2v) is 8.46. The second-order valence-electron chi connectivity index (χ2n) is 8.46. The fourth-order valence-electron chi connectivity index (χ4n) is 4.88. The molecule has 0 fully saturated rings. The normalized spacial score (nSPS) is 11.3. The Kier molecular flexibility index (Phi) is 4.44. The van der Waals surface area contributed by atoms with E-state index >= 15 is 0 Å². The van der Waals surface area contributed by atoms with Gasteiger partial charge in [-0.05, 0) is 88.2 Å². The molecule has 5 rings (SSSR count). The minimum atomic E-state index is 1.27. The summed E-state index contributed by atoms with van der Waals surface area (Å²) in [5.74, 6) is 0. The Hall–Kier alpha value is -3.38. The molecular weight excluding hydrogens is 360 g/mol. The maximum absolute atomic E-state index is 2.37. The fourth-order valence-corrected chi connectivity index (χ4v) is 4.88. The van der Waals surface area contributed by atoms with Gasteiger partial charge in [0.1, 0.15) is 0 Å². The Morgan fingerprint density at radius 1 is 0.433 bits per heavy atom. The predicted octanol–water partition coefficient (Wildman–Crippen LogP) is 8.56. The molecular formula is C30H26. The van der Waals surface area contributed by atoms with Gasteiger partial charge in [-0.3, -0.25) is 0 Å². The van der Waals surface area contributed by atoms with E-state index in [1.54, 1.807) is 0 Å². The maximum atomic E-state index is 2.37. The highest BCUT2D eigenvalue weighted by Gasteiger charge is 2.17. The zero-order valence-corrected chi connectivity index (χ0v) is 18.1. The third kappa shape index (κ3) is 2.92. The molecule has 0 radical (unpaired) electrons. The topological polar surface area (TPSA) is 0 Å². The first-order chi connectivity index (χ1) is 14.5. The molecule has 0 spiro atoms. The van der Waals surface area contributed by atoms with E-state index in [9.17, 15) is 0 Å². The number of hydrogen-bond donors (Lipinski definition) is 0. The number of hydrogen-bond acceptors (Lipinski definition) is 0. The van der Waals surface area contributed by atoms with E-state index in [4.69, 9.17) is 0 Å². The Bertz CT molecular complexity index is 1400. The molecule has 0 nitrogen and oxygen atoms in total. The van der Waals surface area contributed by atoms with Gasteiger partial charge in [0.25, 0.3) is 0 Å². The van der Waals surface area contributed by atoms with Gasteiger partial charge in [-0.1, -0.05) is 90.5 Å². The summed E-state index contributed by atoms with van der Waals surface area (Å²) in [5, 5.41) is 5.31. The molecule has 0 aliphatic carbocycles. The second kappa shape index (κ2) is 7.15. The van der Waals surface area contributed by atoms with Crippen LogP contribution in [0.4, 0.5) is 0 Å². The zero-order valence-electron chi connectivity index (χ0n) is 18.1. The molecule has 0 saturated heterocycles. The third-order valence-electron chi connectivity index (χ3n) is 6.30. The SMILES string of the molecule is Cc1ccc(-c2cc(C)c(-c3c(C)cc(C)c4ccccc34)c3ccccc23)cc1. The largest absolute Gasteiger partial charge is 0.0616 e. The Morgan fingerprint density at radius 2 is 0.933 bits per heavy atom. The minimum Gasteiger partial charge on any atom is -0.0616 e. The minimum absolute atomic E-state index is 1.27. The molecule has 0 amide bonds. The first kappa shape index (κ1) is 18.6. The summed E-state index contributed by atoms with van der Waals surface area (Å²) in [4.78, 5) is 0. The van der Waals surface area contributed by atoms with E-state index < -0.39 is 0 Å². The standard InChI is InChI=1S/C30H26/c1-19-13-15-23(16-14-19)28-18-22(4)30(27-12-8-6-10-25(27)28)29-21(3)17-20(2)24-9-5-7-11-26(24)29/h5-18H,1-4H3. The summed E-state index contributed by atoms with van der Waals surface area (Å²) in [7, 11) is 0. The smallest absolute Gasteiger partial charge is 0.00668 e. The van der Waals surface area contributed by atoms with Gasteiger partial charge in [-0.15, -0.1) is 0 Å². The van der Waals surface area contributed by atoms with Gasteiger partial charge < -0.3 is 0 Å². The summed E-state index contributed by atoms with van der Waals surface area (Å²) < 4.78 is 0. The van der Waals surface area contributed by atoms with Gasteiger partial charge in [0, 0.05) is 0 Å². The maximum Gasteiger partial charge on any atom is -0.00668 e. The number of aryl methyl sites for hydroxylation is 4. The van der Waals surface area contributed by atoms with Crippen molar-refractivity contribution in [3.05, 3.63) is 107 Å². The van der Waals surface area contributed by atoms with Crippen LogP contribution < -0.4 is 0 Å². The van der Waals surface area contributed by atoms with Crippen LogP contribution in [-0.2, 0) is 0 Å². The fraction of sp³-hybridized carbons (Fsp3) is 0.133. The lowest BCUT2D eigenvalue weighted by atomic mass is 9.84. The molecule has 0 aromatic heterocycles. The van der Waals surface area contributed by atoms with Crippen LogP contribution in [0.5, 0.6) is 0 Å². The Labute approximate surface area is 178 Å². The zero-order chi connectivity index (χ0) is 20.8. The third-order valence-corrected chi connectivity index (χ3v) is 6.30. The quantitative estimate of drug-likeness (QED) is 0.285. The van der Waals surface area contributed by atoms with Crippen molar-refractivity contribution in [2.45, 2.75) is 27.7 Å². The molecule has 30 heavy (non-hydrogen) atoms. The van der Waals surface area contributed by atoms with Crippen LogP contribution in [0.15, 0.2) is 84.9 Å². The highest BCUT2D eigenvalue weighted by Crippen LogP contribution is 2.42.